The SMILES string of the molecule is CN1CCN(Cc2ccc(-c3ccc4c(Nc5ccc(Sc6ccccc6)c(Cl)c5)c(C#N)cnc4c3)o2)CC1. The van der Waals surface area contributed by atoms with Crippen molar-refractivity contribution in [2.45, 2.75) is 16.3 Å². The molecule has 200 valence electrons. The number of aromatic nitrogens is 1. The number of furan rings is 1. The molecular weight excluding hydrogens is 538 g/mol. The summed E-state index contributed by atoms with van der Waals surface area (Å²) in [6.45, 7) is 5.05. The van der Waals surface area contributed by atoms with E-state index < -0.39 is 0 Å². The number of rotatable bonds is 7. The number of nitrogens with zero attached hydrogens (tertiary/aromatic N) is 4. The first kappa shape index (κ1) is 26.4. The molecule has 6 rings (SSSR count). The Labute approximate surface area is 243 Å². The Morgan fingerprint density at radius 3 is 2.60 bits per heavy atom. The van der Waals surface area contributed by atoms with Crippen LogP contribution in [0.2, 0.25) is 5.02 Å². The first-order valence-electron chi connectivity index (χ1n) is 13.2. The number of nitriles is 1. The summed E-state index contributed by atoms with van der Waals surface area (Å²) in [5.74, 6) is 1.77. The lowest BCUT2D eigenvalue weighted by atomic mass is 10.1. The molecule has 0 atom stereocenters. The largest absolute Gasteiger partial charge is 0.460 e. The quantitative estimate of drug-likeness (QED) is 0.217. The molecule has 1 aliphatic heterocycles. The van der Waals surface area contributed by atoms with E-state index in [9.17, 15) is 5.26 Å². The number of fused-ring (bicyclic) bond motifs is 1. The highest BCUT2D eigenvalue weighted by atomic mass is 35.5. The average molecular weight is 566 g/mol. The molecule has 1 fully saturated rings. The van der Waals surface area contributed by atoms with Gasteiger partial charge in [-0.15, -0.1) is 0 Å². The fraction of sp³-hybridized carbons (Fsp3) is 0.188. The van der Waals surface area contributed by atoms with Gasteiger partial charge in [0.05, 0.1) is 28.3 Å². The second kappa shape index (κ2) is 11.7. The van der Waals surface area contributed by atoms with Crippen LogP contribution in [0.1, 0.15) is 11.3 Å². The molecule has 2 aromatic heterocycles. The van der Waals surface area contributed by atoms with Gasteiger partial charge < -0.3 is 14.6 Å². The van der Waals surface area contributed by atoms with Crippen molar-refractivity contribution in [1.29, 1.82) is 5.26 Å². The average Bonchev–Trinajstić information content (AvgIpc) is 3.45. The number of benzene rings is 3. The van der Waals surface area contributed by atoms with Crippen LogP contribution in [0.4, 0.5) is 11.4 Å². The van der Waals surface area contributed by atoms with Gasteiger partial charge in [-0.05, 0) is 61.6 Å². The number of likely N-dealkylation sites (N-methyl/N-ethyl adjacent to an activating group) is 1. The molecule has 0 bridgehead atoms. The van der Waals surface area contributed by atoms with Crippen molar-refractivity contribution in [3.05, 3.63) is 101 Å². The van der Waals surface area contributed by atoms with Gasteiger partial charge in [0, 0.05) is 58.8 Å². The maximum atomic E-state index is 9.82. The van der Waals surface area contributed by atoms with Crippen LogP contribution in [-0.2, 0) is 6.54 Å². The van der Waals surface area contributed by atoms with Gasteiger partial charge in [0.25, 0.3) is 0 Å². The molecule has 0 saturated carbocycles. The fourth-order valence-corrected chi connectivity index (χ4v) is 5.97. The molecule has 3 aromatic carbocycles. The molecule has 0 spiro atoms. The second-order valence-corrected chi connectivity index (χ2v) is 11.4. The van der Waals surface area contributed by atoms with Crippen LogP contribution >= 0.6 is 23.4 Å². The van der Waals surface area contributed by atoms with E-state index in [0.717, 1.165) is 76.2 Å². The number of anilines is 2. The molecule has 40 heavy (non-hydrogen) atoms. The summed E-state index contributed by atoms with van der Waals surface area (Å²) in [7, 11) is 2.16. The third-order valence-corrected chi connectivity index (χ3v) is 8.59. The molecule has 0 radical (unpaired) electrons. The standard InChI is InChI=1S/C32H28ClN5OS/c1-37-13-15-38(16-14-37)21-25-9-11-30(39-25)22-7-10-27-29(17-22)35-20-23(19-34)32(27)36-24-8-12-31(28(33)18-24)40-26-5-3-2-4-6-26/h2-12,17-18,20H,13-16,21H2,1H3,(H,35,36). The Hall–Kier alpha value is -3.80. The molecule has 0 aliphatic carbocycles. The summed E-state index contributed by atoms with van der Waals surface area (Å²) >= 11 is 8.26. The summed E-state index contributed by atoms with van der Waals surface area (Å²) in [6, 6.07) is 28.3. The summed E-state index contributed by atoms with van der Waals surface area (Å²) < 4.78 is 6.22. The van der Waals surface area contributed by atoms with Gasteiger partial charge in [0.1, 0.15) is 17.6 Å². The van der Waals surface area contributed by atoms with Gasteiger partial charge in [-0.25, -0.2) is 0 Å². The highest BCUT2D eigenvalue weighted by Gasteiger charge is 2.17. The zero-order valence-electron chi connectivity index (χ0n) is 22.1. The van der Waals surface area contributed by atoms with Crippen LogP contribution in [0, 0.1) is 11.3 Å². The highest BCUT2D eigenvalue weighted by molar-refractivity contribution is 7.99. The number of pyridine rings is 1. The van der Waals surface area contributed by atoms with Crippen molar-refractivity contribution in [2.75, 3.05) is 38.5 Å². The normalized spacial score (nSPS) is 14.3. The molecular formula is C32H28ClN5OS. The van der Waals surface area contributed by atoms with Gasteiger partial charge in [0.2, 0.25) is 0 Å². The van der Waals surface area contributed by atoms with E-state index in [1.807, 2.05) is 60.7 Å². The van der Waals surface area contributed by atoms with Gasteiger partial charge in [-0.2, -0.15) is 5.26 Å². The lowest BCUT2D eigenvalue weighted by Gasteiger charge is -2.31. The van der Waals surface area contributed by atoms with E-state index in [0.29, 0.717) is 16.3 Å². The summed E-state index contributed by atoms with van der Waals surface area (Å²) in [5.41, 5.74) is 3.69. The minimum atomic E-state index is 0.464. The Bertz CT molecular complexity index is 1690. The molecule has 3 heterocycles. The first-order chi connectivity index (χ1) is 19.6. The molecule has 6 nitrogen and oxygen atoms in total. The summed E-state index contributed by atoms with van der Waals surface area (Å²) in [5, 5.41) is 14.7. The third kappa shape index (κ3) is 5.86. The van der Waals surface area contributed by atoms with Crippen LogP contribution in [0.3, 0.4) is 0 Å². The van der Waals surface area contributed by atoms with E-state index in [4.69, 9.17) is 16.0 Å². The van der Waals surface area contributed by atoms with Crippen molar-refractivity contribution in [3.8, 4) is 17.4 Å². The van der Waals surface area contributed by atoms with Crippen LogP contribution in [0.5, 0.6) is 0 Å². The maximum Gasteiger partial charge on any atom is 0.134 e. The maximum absolute atomic E-state index is 9.82. The Morgan fingerprint density at radius 1 is 1.00 bits per heavy atom. The molecule has 1 saturated heterocycles. The number of piperazine rings is 1. The smallest absolute Gasteiger partial charge is 0.134 e. The Morgan fingerprint density at radius 2 is 1.82 bits per heavy atom. The molecule has 0 amide bonds. The predicted octanol–water partition coefficient (Wildman–Crippen LogP) is 7.66. The number of halogens is 1. The van der Waals surface area contributed by atoms with E-state index >= 15 is 0 Å². The molecule has 0 unspecified atom stereocenters. The summed E-state index contributed by atoms with van der Waals surface area (Å²) in [6.07, 6.45) is 1.61. The minimum absolute atomic E-state index is 0.464. The number of hydrogen-bond acceptors (Lipinski definition) is 7. The molecule has 8 heteroatoms. The van der Waals surface area contributed by atoms with Crippen LogP contribution in [-0.4, -0.2) is 48.0 Å². The van der Waals surface area contributed by atoms with E-state index in [1.54, 1.807) is 18.0 Å². The number of nitrogens with one attached hydrogen (secondary N) is 1. The zero-order chi connectivity index (χ0) is 27.5. The minimum Gasteiger partial charge on any atom is -0.460 e. The Kier molecular flexibility index (Phi) is 7.76. The van der Waals surface area contributed by atoms with E-state index in [1.165, 1.54) is 0 Å². The van der Waals surface area contributed by atoms with Crippen molar-refractivity contribution >= 4 is 45.6 Å². The molecule has 1 N–H and O–H groups in total. The van der Waals surface area contributed by atoms with Crippen molar-refractivity contribution in [3.63, 3.8) is 0 Å². The molecule has 1 aliphatic rings. The zero-order valence-corrected chi connectivity index (χ0v) is 23.7. The van der Waals surface area contributed by atoms with Crippen molar-refractivity contribution < 1.29 is 4.42 Å². The molecule has 5 aromatic rings. The first-order valence-corrected chi connectivity index (χ1v) is 14.4. The predicted molar refractivity (Wildman–Crippen MR) is 162 cm³/mol. The van der Waals surface area contributed by atoms with Gasteiger partial charge >= 0.3 is 0 Å². The van der Waals surface area contributed by atoms with E-state index in [2.05, 4.69) is 51.4 Å². The van der Waals surface area contributed by atoms with Crippen molar-refractivity contribution in [2.24, 2.45) is 0 Å². The van der Waals surface area contributed by atoms with Crippen molar-refractivity contribution in [1.82, 2.24) is 14.8 Å². The monoisotopic (exact) mass is 565 g/mol. The third-order valence-electron chi connectivity index (χ3n) is 7.08. The van der Waals surface area contributed by atoms with E-state index in [-0.39, 0.29) is 0 Å². The Balaban J connectivity index is 1.23. The van der Waals surface area contributed by atoms with Gasteiger partial charge in [-0.1, -0.05) is 47.6 Å². The lowest BCUT2D eigenvalue weighted by molar-refractivity contribution is 0.140. The second-order valence-electron chi connectivity index (χ2n) is 9.92. The highest BCUT2D eigenvalue weighted by Crippen LogP contribution is 2.37. The van der Waals surface area contributed by atoms with Crippen LogP contribution in [0.25, 0.3) is 22.2 Å². The number of hydrogen-bond donors (Lipinski definition) is 1. The summed E-state index contributed by atoms with van der Waals surface area (Å²) in [4.78, 5) is 11.4. The van der Waals surface area contributed by atoms with Gasteiger partial charge in [-0.3, -0.25) is 9.88 Å². The fourth-order valence-electron chi connectivity index (χ4n) is 4.83. The van der Waals surface area contributed by atoms with Crippen LogP contribution in [0.15, 0.2) is 99.3 Å². The topological polar surface area (TPSA) is 68.3 Å². The van der Waals surface area contributed by atoms with Gasteiger partial charge in [0.15, 0.2) is 0 Å². The lowest BCUT2D eigenvalue weighted by Crippen LogP contribution is -2.43. The van der Waals surface area contributed by atoms with Crippen LogP contribution < -0.4 is 5.32 Å².